The maximum absolute atomic E-state index is 12.7. The first-order chi connectivity index (χ1) is 13.9. The van der Waals surface area contributed by atoms with Gasteiger partial charge in [0.2, 0.25) is 0 Å². The Morgan fingerprint density at radius 2 is 1.97 bits per heavy atom. The quantitative estimate of drug-likeness (QED) is 0.627. The van der Waals surface area contributed by atoms with Crippen molar-refractivity contribution in [1.82, 2.24) is 4.98 Å². The van der Waals surface area contributed by atoms with Crippen molar-refractivity contribution in [3.63, 3.8) is 0 Å². The number of hydrogen-bond donors (Lipinski definition) is 3. The molecule has 2 aromatic rings. The number of H-pyrrole nitrogens is 1. The van der Waals surface area contributed by atoms with Crippen LogP contribution < -0.4 is 10.2 Å². The van der Waals surface area contributed by atoms with Gasteiger partial charge in [-0.25, -0.2) is 4.79 Å². The van der Waals surface area contributed by atoms with Crippen LogP contribution in [0.25, 0.3) is 10.9 Å². The zero-order chi connectivity index (χ0) is 21.0. The minimum absolute atomic E-state index is 0.0794. The molecule has 1 aliphatic heterocycles. The Labute approximate surface area is 169 Å². The van der Waals surface area contributed by atoms with E-state index in [-0.39, 0.29) is 30.0 Å². The molecule has 0 atom stereocenters. The van der Waals surface area contributed by atoms with Gasteiger partial charge in [-0.3, -0.25) is 9.59 Å². The van der Waals surface area contributed by atoms with Gasteiger partial charge in [0.05, 0.1) is 38.4 Å². The van der Waals surface area contributed by atoms with Gasteiger partial charge in [-0.1, -0.05) is 11.6 Å². The topological polar surface area (TPSA) is 102 Å². The highest BCUT2D eigenvalue weighted by atomic mass is 16.5. The number of fused-ring (bicyclic) bond motifs is 1. The molecule has 1 aromatic heterocycles. The molecule has 0 saturated carbocycles. The number of ether oxygens (including phenoxy) is 2. The molecular weight excluding hydrogens is 374 g/mol. The van der Waals surface area contributed by atoms with Gasteiger partial charge in [0, 0.05) is 23.7 Å². The Hall–Kier alpha value is -2.87. The summed E-state index contributed by atoms with van der Waals surface area (Å²) >= 11 is 0. The summed E-state index contributed by atoms with van der Waals surface area (Å²) < 4.78 is 9.94. The molecule has 1 aromatic carbocycles. The van der Waals surface area contributed by atoms with Crippen LogP contribution in [0.3, 0.4) is 0 Å². The van der Waals surface area contributed by atoms with Crippen molar-refractivity contribution < 1.29 is 28.8 Å². The number of carbonyl (C=O) groups excluding carboxylic acids is 3. The molecular formula is C21H28N3O5+. The highest BCUT2D eigenvalue weighted by Gasteiger charge is 2.30. The molecule has 1 fully saturated rings. The van der Waals surface area contributed by atoms with Crippen LogP contribution >= 0.6 is 0 Å². The molecule has 0 unspecified atom stereocenters. The number of aryl methyl sites for hydroxylation is 1. The van der Waals surface area contributed by atoms with Gasteiger partial charge < -0.3 is 24.7 Å². The molecule has 3 N–H and O–H groups in total. The van der Waals surface area contributed by atoms with Crippen molar-refractivity contribution in [1.29, 1.82) is 0 Å². The second kappa shape index (κ2) is 9.09. The van der Waals surface area contributed by atoms with E-state index >= 15 is 0 Å². The molecule has 0 aliphatic carbocycles. The normalized spacial score (nSPS) is 19.0. The average molecular weight is 402 g/mol. The van der Waals surface area contributed by atoms with E-state index in [1.165, 1.54) is 7.11 Å². The summed E-state index contributed by atoms with van der Waals surface area (Å²) in [5.74, 6) is -0.934. The number of likely N-dealkylation sites (tertiary alicyclic amines) is 1. The van der Waals surface area contributed by atoms with Gasteiger partial charge in [-0.2, -0.15) is 0 Å². The van der Waals surface area contributed by atoms with Crippen LogP contribution in [0, 0.1) is 12.8 Å². The van der Waals surface area contributed by atoms with Gasteiger partial charge in [0.15, 0.2) is 6.54 Å². The molecule has 2 heterocycles. The largest absolute Gasteiger partial charge is 0.466 e. The van der Waals surface area contributed by atoms with Crippen molar-refractivity contribution >= 4 is 34.4 Å². The van der Waals surface area contributed by atoms with Crippen LogP contribution in [0.15, 0.2) is 18.2 Å². The lowest BCUT2D eigenvalue weighted by Crippen LogP contribution is -3.14. The molecule has 0 bridgehead atoms. The second-order valence-electron chi connectivity index (χ2n) is 7.42. The third-order valence-corrected chi connectivity index (χ3v) is 5.33. The van der Waals surface area contributed by atoms with E-state index in [9.17, 15) is 14.4 Å². The van der Waals surface area contributed by atoms with E-state index in [2.05, 4.69) is 10.3 Å². The van der Waals surface area contributed by atoms with Crippen molar-refractivity contribution in [2.75, 3.05) is 38.7 Å². The maximum atomic E-state index is 12.7. The van der Waals surface area contributed by atoms with Gasteiger partial charge >= 0.3 is 11.9 Å². The summed E-state index contributed by atoms with van der Waals surface area (Å²) in [6.45, 7) is 5.88. The zero-order valence-electron chi connectivity index (χ0n) is 17.1. The fraction of sp³-hybridized carbons (Fsp3) is 0.476. The Kier molecular flexibility index (Phi) is 6.53. The lowest BCUT2D eigenvalue weighted by Gasteiger charge is -2.27. The summed E-state index contributed by atoms with van der Waals surface area (Å²) in [6.07, 6.45) is 1.42. The van der Waals surface area contributed by atoms with Crippen LogP contribution in [-0.4, -0.2) is 56.2 Å². The molecule has 0 radical (unpaired) electrons. The van der Waals surface area contributed by atoms with Crippen LogP contribution in [0.4, 0.5) is 5.69 Å². The van der Waals surface area contributed by atoms with Crippen LogP contribution in [0.5, 0.6) is 0 Å². The van der Waals surface area contributed by atoms with Crippen molar-refractivity contribution in [3.05, 3.63) is 29.5 Å². The number of carbonyl (C=O) groups is 3. The fourth-order valence-corrected chi connectivity index (χ4v) is 3.80. The van der Waals surface area contributed by atoms with Gasteiger partial charge in [-0.15, -0.1) is 0 Å². The summed E-state index contributed by atoms with van der Waals surface area (Å²) in [5.41, 5.74) is 2.46. The molecule has 1 saturated heterocycles. The lowest BCUT2D eigenvalue weighted by atomic mass is 9.97. The highest BCUT2D eigenvalue weighted by molar-refractivity contribution is 6.11. The number of quaternary nitrogens is 1. The number of aromatic amines is 1. The molecule has 0 spiro atoms. The predicted octanol–water partition coefficient (Wildman–Crippen LogP) is 1.06. The minimum atomic E-state index is -0.531. The van der Waals surface area contributed by atoms with Gasteiger partial charge in [-0.05, 0) is 26.0 Å². The molecule has 8 heteroatoms. The molecule has 156 valence electrons. The Bertz CT molecular complexity index is 912. The van der Waals surface area contributed by atoms with Gasteiger partial charge in [0.1, 0.15) is 5.69 Å². The summed E-state index contributed by atoms with van der Waals surface area (Å²) in [4.78, 5) is 40.9. The third-order valence-electron chi connectivity index (χ3n) is 5.33. The first-order valence-corrected chi connectivity index (χ1v) is 9.93. The van der Waals surface area contributed by atoms with E-state index in [0.717, 1.165) is 34.5 Å². The maximum Gasteiger partial charge on any atom is 0.356 e. The number of esters is 2. The minimum Gasteiger partial charge on any atom is -0.466 e. The number of rotatable bonds is 6. The zero-order valence-corrected chi connectivity index (χ0v) is 17.1. The van der Waals surface area contributed by atoms with E-state index in [4.69, 9.17) is 9.47 Å². The number of hydrogen-bond acceptors (Lipinski definition) is 5. The number of amides is 1. The number of anilines is 1. The van der Waals surface area contributed by atoms with Crippen molar-refractivity contribution in [2.45, 2.75) is 26.7 Å². The standard InChI is InChI=1S/C21H27N3O5/c1-4-29-20(26)14-7-9-24(10-8-14)12-17(25)23-18-15-11-13(2)5-6-16(15)22-19(18)21(27)28-3/h5-6,11,14,22H,4,7-10,12H2,1-3H3,(H,23,25)/p+1. The third kappa shape index (κ3) is 4.76. The number of benzene rings is 1. The van der Waals surface area contributed by atoms with Gasteiger partial charge in [0.25, 0.3) is 5.91 Å². The SMILES string of the molecule is CCOC(=O)C1CC[NH+](CC(=O)Nc2c(C(=O)OC)[nH]c3ccc(C)cc23)CC1. The van der Waals surface area contributed by atoms with E-state index < -0.39 is 5.97 Å². The number of aromatic nitrogens is 1. The van der Waals surface area contributed by atoms with E-state index in [1.54, 1.807) is 6.92 Å². The Balaban J connectivity index is 1.68. The van der Waals surface area contributed by atoms with E-state index in [1.807, 2.05) is 25.1 Å². The first-order valence-electron chi connectivity index (χ1n) is 9.93. The Morgan fingerprint density at radius 3 is 2.62 bits per heavy atom. The Morgan fingerprint density at radius 1 is 1.24 bits per heavy atom. The smallest absolute Gasteiger partial charge is 0.356 e. The number of piperidine rings is 1. The molecule has 3 rings (SSSR count). The fourth-order valence-electron chi connectivity index (χ4n) is 3.80. The van der Waals surface area contributed by atoms with E-state index in [0.29, 0.717) is 25.1 Å². The molecule has 1 amide bonds. The first kappa shape index (κ1) is 20.9. The predicted molar refractivity (Wildman–Crippen MR) is 108 cm³/mol. The second-order valence-corrected chi connectivity index (χ2v) is 7.42. The molecule has 29 heavy (non-hydrogen) atoms. The summed E-state index contributed by atoms with van der Waals surface area (Å²) in [6, 6.07) is 5.73. The van der Waals surface area contributed by atoms with Crippen molar-refractivity contribution in [3.8, 4) is 0 Å². The van der Waals surface area contributed by atoms with Crippen LogP contribution in [0.1, 0.15) is 35.8 Å². The molecule has 1 aliphatic rings. The van der Waals surface area contributed by atoms with Crippen LogP contribution in [0.2, 0.25) is 0 Å². The van der Waals surface area contributed by atoms with Crippen molar-refractivity contribution in [2.24, 2.45) is 5.92 Å². The monoisotopic (exact) mass is 402 g/mol. The number of methoxy groups -OCH3 is 1. The number of nitrogens with one attached hydrogen (secondary N) is 3. The average Bonchev–Trinajstić information content (AvgIpc) is 3.05. The summed E-state index contributed by atoms with van der Waals surface area (Å²) in [5, 5.41) is 3.67. The molecule has 8 nitrogen and oxygen atoms in total. The lowest BCUT2D eigenvalue weighted by molar-refractivity contribution is -0.897. The summed E-state index contributed by atoms with van der Waals surface area (Å²) in [7, 11) is 1.31. The van der Waals surface area contributed by atoms with Crippen LogP contribution in [-0.2, 0) is 19.1 Å². The highest BCUT2D eigenvalue weighted by Crippen LogP contribution is 2.29.